The highest BCUT2D eigenvalue weighted by Crippen LogP contribution is 2.41. The van der Waals surface area contributed by atoms with E-state index in [1.165, 1.54) is 0 Å². The van der Waals surface area contributed by atoms with Gasteiger partial charge in [-0.05, 0) is 32.4 Å². The maximum Gasteiger partial charge on any atom is 0.181 e. The molecular formula is C15H14ClFN2O. The third kappa shape index (κ3) is 2.14. The second-order valence-electron chi connectivity index (χ2n) is 5.57. The zero-order chi connectivity index (χ0) is 14.5. The average Bonchev–Trinajstić information content (AvgIpc) is 2.68. The standard InChI is InChI=1S/C15H14ClFN2O/c1-8-11(17)13(16)19-14(18-8)10-6-4-5-9-7-15(2,3)20-12(9)10/h4-6H,7H2,1-3H3. The number of hydrogen-bond donors (Lipinski definition) is 0. The zero-order valence-electron chi connectivity index (χ0n) is 11.5. The number of fused-ring (bicyclic) bond motifs is 1. The molecule has 20 heavy (non-hydrogen) atoms. The van der Waals surface area contributed by atoms with Crippen molar-refractivity contribution < 1.29 is 9.13 Å². The van der Waals surface area contributed by atoms with Crippen LogP contribution in [-0.4, -0.2) is 15.6 Å². The lowest BCUT2D eigenvalue weighted by atomic mass is 10.0. The highest BCUT2D eigenvalue weighted by molar-refractivity contribution is 6.29. The first kappa shape index (κ1) is 13.3. The second-order valence-corrected chi connectivity index (χ2v) is 5.93. The van der Waals surface area contributed by atoms with Gasteiger partial charge in [0.05, 0.1) is 11.3 Å². The highest BCUT2D eigenvalue weighted by Gasteiger charge is 2.32. The summed E-state index contributed by atoms with van der Waals surface area (Å²) >= 11 is 5.81. The summed E-state index contributed by atoms with van der Waals surface area (Å²) in [6, 6.07) is 5.81. The predicted molar refractivity (Wildman–Crippen MR) is 75.6 cm³/mol. The minimum absolute atomic E-state index is 0.164. The van der Waals surface area contributed by atoms with Crippen LogP contribution in [0.25, 0.3) is 11.4 Å². The van der Waals surface area contributed by atoms with Crippen molar-refractivity contribution in [3.8, 4) is 17.1 Å². The van der Waals surface area contributed by atoms with E-state index in [4.69, 9.17) is 16.3 Å². The Balaban J connectivity index is 2.16. The molecule has 1 aromatic carbocycles. The largest absolute Gasteiger partial charge is 0.486 e. The molecule has 3 rings (SSSR count). The Morgan fingerprint density at radius 3 is 2.75 bits per heavy atom. The molecule has 0 radical (unpaired) electrons. The number of aryl methyl sites for hydroxylation is 1. The van der Waals surface area contributed by atoms with Gasteiger partial charge >= 0.3 is 0 Å². The summed E-state index contributed by atoms with van der Waals surface area (Å²) < 4.78 is 19.5. The van der Waals surface area contributed by atoms with E-state index in [9.17, 15) is 4.39 Å². The Bertz CT molecular complexity index is 677. The molecule has 0 spiro atoms. The van der Waals surface area contributed by atoms with Crippen molar-refractivity contribution in [2.75, 3.05) is 0 Å². The van der Waals surface area contributed by atoms with Gasteiger partial charge in [-0.15, -0.1) is 0 Å². The van der Waals surface area contributed by atoms with Crippen LogP contribution in [-0.2, 0) is 6.42 Å². The molecule has 1 aromatic heterocycles. The smallest absolute Gasteiger partial charge is 0.181 e. The lowest BCUT2D eigenvalue weighted by molar-refractivity contribution is 0.139. The molecule has 2 heterocycles. The Labute approximate surface area is 121 Å². The summed E-state index contributed by atoms with van der Waals surface area (Å²) in [6.07, 6.45) is 0.823. The first-order chi connectivity index (χ1) is 9.37. The number of para-hydroxylation sites is 1. The number of halogens is 2. The van der Waals surface area contributed by atoms with Gasteiger partial charge in [0.25, 0.3) is 0 Å². The van der Waals surface area contributed by atoms with Crippen molar-refractivity contribution in [3.63, 3.8) is 0 Å². The molecule has 0 amide bonds. The second kappa shape index (κ2) is 4.42. The molecule has 0 fully saturated rings. The van der Waals surface area contributed by atoms with Gasteiger partial charge in [0.1, 0.15) is 11.4 Å². The fourth-order valence-corrected chi connectivity index (χ4v) is 2.65. The van der Waals surface area contributed by atoms with Gasteiger partial charge in [-0.2, -0.15) is 0 Å². The predicted octanol–water partition coefficient (Wildman–Crippen LogP) is 3.96. The lowest BCUT2D eigenvalue weighted by Gasteiger charge is -2.18. The van der Waals surface area contributed by atoms with E-state index in [-0.39, 0.29) is 16.4 Å². The summed E-state index contributed by atoms with van der Waals surface area (Å²) in [7, 11) is 0. The van der Waals surface area contributed by atoms with Crippen LogP contribution in [0.2, 0.25) is 5.15 Å². The number of rotatable bonds is 1. The van der Waals surface area contributed by atoms with E-state index in [2.05, 4.69) is 9.97 Å². The third-order valence-electron chi connectivity index (χ3n) is 3.31. The monoisotopic (exact) mass is 292 g/mol. The Morgan fingerprint density at radius 2 is 2.05 bits per heavy atom. The van der Waals surface area contributed by atoms with Crippen molar-refractivity contribution in [2.45, 2.75) is 32.8 Å². The molecule has 0 N–H and O–H groups in total. The molecule has 1 aliphatic rings. The normalized spacial score (nSPS) is 15.8. The van der Waals surface area contributed by atoms with Crippen LogP contribution in [0.4, 0.5) is 4.39 Å². The van der Waals surface area contributed by atoms with E-state index in [0.717, 1.165) is 23.3 Å². The van der Waals surface area contributed by atoms with Gasteiger partial charge in [-0.3, -0.25) is 0 Å². The molecule has 0 unspecified atom stereocenters. The van der Waals surface area contributed by atoms with Gasteiger partial charge in [0, 0.05) is 6.42 Å². The van der Waals surface area contributed by atoms with E-state index >= 15 is 0 Å². The summed E-state index contributed by atoms with van der Waals surface area (Å²) in [5.41, 5.74) is 1.83. The Hall–Kier alpha value is -1.68. The average molecular weight is 293 g/mol. The molecule has 1 aliphatic heterocycles. The van der Waals surface area contributed by atoms with E-state index in [1.807, 2.05) is 32.0 Å². The van der Waals surface area contributed by atoms with Crippen LogP contribution in [0.5, 0.6) is 5.75 Å². The minimum Gasteiger partial charge on any atom is -0.486 e. The number of ether oxygens (including phenoxy) is 1. The number of hydrogen-bond acceptors (Lipinski definition) is 3. The minimum atomic E-state index is -0.579. The topological polar surface area (TPSA) is 35.0 Å². The molecule has 5 heteroatoms. The van der Waals surface area contributed by atoms with Gasteiger partial charge in [-0.1, -0.05) is 23.7 Å². The van der Waals surface area contributed by atoms with Crippen molar-refractivity contribution in [1.29, 1.82) is 0 Å². The Morgan fingerprint density at radius 1 is 1.30 bits per heavy atom. The molecule has 0 bridgehead atoms. The molecule has 3 nitrogen and oxygen atoms in total. The maximum absolute atomic E-state index is 13.5. The summed E-state index contributed by atoms with van der Waals surface area (Å²) in [6.45, 7) is 5.63. The summed E-state index contributed by atoms with van der Waals surface area (Å²) in [5.74, 6) is 0.576. The quantitative estimate of drug-likeness (QED) is 0.746. The molecule has 0 saturated heterocycles. The fourth-order valence-electron chi connectivity index (χ4n) is 2.44. The van der Waals surface area contributed by atoms with Crippen LogP contribution < -0.4 is 4.74 Å². The fraction of sp³-hybridized carbons (Fsp3) is 0.333. The van der Waals surface area contributed by atoms with Crippen LogP contribution in [0.3, 0.4) is 0 Å². The molecule has 0 atom stereocenters. The number of aromatic nitrogens is 2. The van der Waals surface area contributed by atoms with Crippen LogP contribution in [0, 0.1) is 12.7 Å². The van der Waals surface area contributed by atoms with Gasteiger partial charge < -0.3 is 4.74 Å². The summed E-state index contributed by atoms with van der Waals surface area (Å²) in [5, 5.41) is -0.164. The van der Waals surface area contributed by atoms with Gasteiger partial charge in [0.15, 0.2) is 16.8 Å². The first-order valence-corrected chi connectivity index (χ1v) is 6.76. The molecule has 2 aromatic rings. The van der Waals surface area contributed by atoms with Crippen molar-refractivity contribution in [3.05, 3.63) is 40.4 Å². The van der Waals surface area contributed by atoms with Gasteiger partial charge in [-0.25, -0.2) is 14.4 Å². The van der Waals surface area contributed by atoms with Crippen molar-refractivity contribution >= 4 is 11.6 Å². The molecular weight excluding hydrogens is 279 g/mol. The third-order valence-corrected chi connectivity index (χ3v) is 3.56. The molecule has 104 valence electrons. The lowest BCUT2D eigenvalue weighted by Crippen LogP contribution is -2.24. The van der Waals surface area contributed by atoms with E-state index < -0.39 is 5.82 Å². The van der Waals surface area contributed by atoms with Crippen LogP contribution in [0.1, 0.15) is 25.1 Å². The highest BCUT2D eigenvalue weighted by atomic mass is 35.5. The molecule has 0 saturated carbocycles. The van der Waals surface area contributed by atoms with E-state index in [1.54, 1.807) is 6.92 Å². The molecule has 0 aliphatic carbocycles. The summed E-state index contributed by atoms with van der Waals surface area (Å²) in [4.78, 5) is 8.21. The van der Waals surface area contributed by atoms with E-state index in [0.29, 0.717) is 5.82 Å². The maximum atomic E-state index is 13.5. The first-order valence-electron chi connectivity index (χ1n) is 6.38. The van der Waals surface area contributed by atoms with Crippen LogP contribution in [0.15, 0.2) is 18.2 Å². The van der Waals surface area contributed by atoms with Gasteiger partial charge in [0.2, 0.25) is 0 Å². The van der Waals surface area contributed by atoms with Crippen LogP contribution >= 0.6 is 11.6 Å². The van der Waals surface area contributed by atoms with Crippen molar-refractivity contribution in [2.24, 2.45) is 0 Å². The number of nitrogens with zero attached hydrogens (tertiary/aromatic N) is 2. The Kier molecular flexibility index (Phi) is 2.94. The zero-order valence-corrected chi connectivity index (χ0v) is 12.3. The number of benzene rings is 1. The van der Waals surface area contributed by atoms with Crippen molar-refractivity contribution in [1.82, 2.24) is 9.97 Å². The SMILES string of the molecule is Cc1nc(-c2cccc3c2OC(C)(C)C3)nc(Cl)c1F.